The van der Waals surface area contributed by atoms with Crippen LogP contribution in [-0.2, 0) is 11.8 Å². The van der Waals surface area contributed by atoms with Crippen molar-refractivity contribution in [1.82, 2.24) is 5.32 Å². The van der Waals surface area contributed by atoms with Crippen LogP contribution in [0.1, 0.15) is 29.5 Å². The molecule has 3 rings (SSSR count). The van der Waals surface area contributed by atoms with E-state index in [2.05, 4.69) is 59.9 Å². The van der Waals surface area contributed by atoms with E-state index in [1.54, 1.807) is 0 Å². The van der Waals surface area contributed by atoms with Gasteiger partial charge < -0.3 is 5.32 Å². The van der Waals surface area contributed by atoms with Crippen molar-refractivity contribution in [2.24, 2.45) is 0 Å². The van der Waals surface area contributed by atoms with Gasteiger partial charge in [0.1, 0.15) is 0 Å². The van der Waals surface area contributed by atoms with Crippen molar-refractivity contribution in [2.45, 2.75) is 24.7 Å². The molecule has 1 aliphatic carbocycles. The summed E-state index contributed by atoms with van der Waals surface area (Å²) in [4.78, 5) is 0. The second-order valence-electron chi connectivity index (χ2n) is 5.46. The van der Waals surface area contributed by atoms with Crippen LogP contribution in [-0.4, -0.2) is 13.6 Å². The van der Waals surface area contributed by atoms with E-state index < -0.39 is 0 Å². The summed E-state index contributed by atoms with van der Waals surface area (Å²) in [6.07, 6.45) is 3.61. The lowest BCUT2D eigenvalue weighted by atomic mass is 9.73. The number of nitrogens with one attached hydrogen (secondary N) is 1. The minimum Gasteiger partial charge on any atom is -0.320 e. The van der Waals surface area contributed by atoms with Gasteiger partial charge in [0.25, 0.3) is 0 Å². The first-order valence-electron chi connectivity index (χ1n) is 7.15. The molecule has 2 aromatic carbocycles. The predicted octanol–water partition coefficient (Wildman–Crippen LogP) is 3.53. The first-order chi connectivity index (χ1) is 9.37. The molecule has 0 spiro atoms. The predicted molar refractivity (Wildman–Crippen MR) is 80.5 cm³/mol. The van der Waals surface area contributed by atoms with E-state index in [1.165, 1.54) is 36.0 Å². The second-order valence-corrected chi connectivity index (χ2v) is 5.46. The fraction of sp³-hybridized carbons (Fsp3) is 0.333. The molecule has 1 atom stereocenters. The Morgan fingerprint density at radius 2 is 1.74 bits per heavy atom. The smallest absolute Gasteiger partial charge is 0.0220 e. The normalized spacial score (nSPS) is 21.3. The van der Waals surface area contributed by atoms with Crippen LogP contribution in [0.25, 0.3) is 0 Å². The van der Waals surface area contributed by atoms with Crippen LogP contribution in [0.5, 0.6) is 0 Å². The van der Waals surface area contributed by atoms with Crippen molar-refractivity contribution >= 4 is 0 Å². The zero-order valence-corrected chi connectivity index (χ0v) is 11.5. The summed E-state index contributed by atoms with van der Waals surface area (Å²) in [5.41, 5.74) is 4.75. The molecule has 1 unspecified atom stereocenters. The molecular formula is C18H21N. The van der Waals surface area contributed by atoms with Crippen LogP contribution in [0.3, 0.4) is 0 Å². The van der Waals surface area contributed by atoms with Gasteiger partial charge in [-0.15, -0.1) is 0 Å². The molecule has 0 bridgehead atoms. The molecule has 0 fully saturated rings. The zero-order valence-electron chi connectivity index (χ0n) is 11.5. The molecule has 19 heavy (non-hydrogen) atoms. The zero-order chi connectivity index (χ0) is 13.1. The highest BCUT2D eigenvalue weighted by Crippen LogP contribution is 2.46. The maximum Gasteiger partial charge on any atom is 0.0220 e. The highest BCUT2D eigenvalue weighted by Gasteiger charge is 2.39. The van der Waals surface area contributed by atoms with Gasteiger partial charge in [-0.2, -0.15) is 0 Å². The average Bonchev–Trinajstić information content (AvgIpc) is 2.86. The van der Waals surface area contributed by atoms with Crippen LogP contribution < -0.4 is 5.32 Å². The van der Waals surface area contributed by atoms with Crippen molar-refractivity contribution in [2.75, 3.05) is 13.6 Å². The van der Waals surface area contributed by atoms with Gasteiger partial charge in [0.05, 0.1) is 0 Å². The molecule has 1 heteroatoms. The van der Waals surface area contributed by atoms with Gasteiger partial charge in [-0.05, 0) is 49.5 Å². The quantitative estimate of drug-likeness (QED) is 0.876. The van der Waals surface area contributed by atoms with E-state index in [9.17, 15) is 0 Å². The van der Waals surface area contributed by atoms with Crippen LogP contribution in [0.4, 0.5) is 0 Å². The summed E-state index contributed by atoms with van der Waals surface area (Å²) in [7, 11) is 2.04. The van der Waals surface area contributed by atoms with E-state index in [0.29, 0.717) is 0 Å². The lowest BCUT2D eigenvalue weighted by molar-refractivity contribution is 0.459. The van der Waals surface area contributed by atoms with Crippen LogP contribution in [0, 0.1) is 0 Å². The van der Waals surface area contributed by atoms with Crippen molar-refractivity contribution in [1.29, 1.82) is 0 Å². The first-order valence-corrected chi connectivity index (χ1v) is 7.15. The molecule has 0 aromatic heterocycles. The Morgan fingerprint density at radius 3 is 2.53 bits per heavy atom. The number of benzene rings is 2. The largest absolute Gasteiger partial charge is 0.320 e. The fourth-order valence-corrected chi connectivity index (χ4v) is 3.49. The maximum atomic E-state index is 3.32. The molecule has 0 heterocycles. The number of hydrogen-bond acceptors (Lipinski definition) is 1. The third-order valence-electron chi connectivity index (χ3n) is 4.48. The Morgan fingerprint density at radius 1 is 1.00 bits per heavy atom. The standard InChI is InChI=1S/C18H21N/c1-19-14-13-18(16-8-3-2-4-9-16)12-11-15-7-5-6-10-17(15)18/h2-10,19H,11-14H2,1H3. The third kappa shape index (κ3) is 2.08. The van der Waals surface area contributed by atoms with Gasteiger partial charge in [0.15, 0.2) is 0 Å². The van der Waals surface area contributed by atoms with E-state index in [-0.39, 0.29) is 5.41 Å². The van der Waals surface area contributed by atoms with Crippen molar-refractivity contribution in [3.05, 3.63) is 71.3 Å². The van der Waals surface area contributed by atoms with E-state index >= 15 is 0 Å². The maximum absolute atomic E-state index is 3.32. The average molecular weight is 251 g/mol. The van der Waals surface area contributed by atoms with E-state index in [4.69, 9.17) is 0 Å². The summed E-state index contributed by atoms with van der Waals surface area (Å²) in [6, 6.07) is 20.0. The van der Waals surface area contributed by atoms with Crippen LogP contribution >= 0.6 is 0 Å². The topological polar surface area (TPSA) is 12.0 Å². The first kappa shape index (κ1) is 12.4. The molecule has 2 aromatic rings. The Bertz CT molecular complexity index is 547. The summed E-state index contributed by atoms with van der Waals surface area (Å²) in [5.74, 6) is 0. The Labute approximate surface area is 115 Å². The lowest BCUT2D eigenvalue weighted by Crippen LogP contribution is -2.29. The SMILES string of the molecule is CNCCC1(c2ccccc2)CCc2ccccc21. The van der Waals surface area contributed by atoms with Crippen LogP contribution in [0.2, 0.25) is 0 Å². The number of rotatable bonds is 4. The van der Waals surface area contributed by atoms with Gasteiger partial charge in [0, 0.05) is 5.41 Å². The van der Waals surface area contributed by atoms with E-state index in [1.807, 2.05) is 7.05 Å². The summed E-state index contributed by atoms with van der Waals surface area (Å²) >= 11 is 0. The molecule has 0 amide bonds. The second kappa shape index (κ2) is 5.18. The van der Waals surface area contributed by atoms with Crippen molar-refractivity contribution < 1.29 is 0 Å². The molecule has 98 valence electrons. The summed E-state index contributed by atoms with van der Waals surface area (Å²) < 4.78 is 0. The Kier molecular flexibility index (Phi) is 3.39. The molecule has 0 radical (unpaired) electrons. The molecular weight excluding hydrogens is 230 g/mol. The molecule has 1 nitrogen and oxygen atoms in total. The third-order valence-corrected chi connectivity index (χ3v) is 4.48. The number of hydrogen-bond donors (Lipinski definition) is 1. The monoisotopic (exact) mass is 251 g/mol. The highest BCUT2D eigenvalue weighted by atomic mass is 14.8. The summed E-state index contributed by atoms with van der Waals surface area (Å²) in [5, 5.41) is 3.32. The van der Waals surface area contributed by atoms with Gasteiger partial charge in [-0.1, -0.05) is 54.6 Å². The Balaban J connectivity index is 2.09. The fourth-order valence-electron chi connectivity index (χ4n) is 3.49. The molecule has 0 saturated carbocycles. The van der Waals surface area contributed by atoms with Gasteiger partial charge in [-0.25, -0.2) is 0 Å². The minimum absolute atomic E-state index is 0.209. The van der Waals surface area contributed by atoms with Gasteiger partial charge in [0.2, 0.25) is 0 Å². The Hall–Kier alpha value is -1.60. The summed E-state index contributed by atoms with van der Waals surface area (Å²) in [6.45, 7) is 1.06. The van der Waals surface area contributed by atoms with Crippen molar-refractivity contribution in [3.63, 3.8) is 0 Å². The molecule has 1 N–H and O–H groups in total. The van der Waals surface area contributed by atoms with Gasteiger partial charge in [-0.3, -0.25) is 0 Å². The minimum atomic E-state index is 0.209. The highest BCUT2D eigenvalue weighted by molar-refractivity contribution is 5.47. The molecule has 0 aliphatic heterocycles. The molecule has 1 aliphatic rings. The van der Waals surface area contributed by atoms with E-state index in [0.717, 1.165) is 6.54 Å². The number of fused-ring (bicyclic) bond motifs is 1. The lowest BCUT2D eigenvalue weighted by Gasteiger charge is -2.31. The van der Waals surface area contributed by atoms with Crippen molar-refractivity contribution in [3.8, 4) is 0 Å². The molecule has 0 saturated heterocycles. The van der Waals surface area contributed by atoms with Crippen LogP contribution in [0.15, 0.2) is 54.6 Å². The number of aryl methyl sites for hydroxylation is 1. The van der Waals surface area contributed by atoms with Gasteiger partial charge >= 0.3 is 0 Å².